The van der Waals surface area contributed by atoms with Crippen LogP contribution in [-0.4, -0.2) is 0 Å². The standard InChI is InChI=1S/C10H6F2O2/c1-5-4-7(11)10-6(9(5)12)2-3-8(13)14-10/h2-4H,1H3. The molecule has 0 radical (unpaired) electrons. The molecule has 4 heteroatoms. The molecule has 1 aromatic heterocycles. The summed E-state index contributed by atoms with van der Waals surface area (Å²) in [5.74, 6) is -1.29. The van der Waals surface area contributed by atoms with Gasteiger partial charge in [-0.15, -0.1) is 0 Å². The predicted octanol–water partition coefficient (Wildman–Crippen LogP) is 2.38. The highest BCUT2D eigenvalue weighted by molar-refractivity contribution is 5.78. The van der Waals surface area contributed by atoms with Crippen molar-refractivity contribution in [3.8, 4) is 0 Å². The number of aryl methyl sites for hydroxylation is 1. The van der Waals surface area contributed by atoms with Gasteiger partial charge in [-0.25, -0.2) is 13.6 Å². The number of rotatable bonds is 0. The van der Waals surface area contributed by atoms with E-state index in [0.717, 1.165) is 12.1 Å². The highest BCUT2D eigenvalue weighted by Gasteiger charge is 2.11. The van der Waals surface area contributed by atoms with Crippen LogP contribution >= 0.6 is 0 Å². The van der Waals surface area contributed by atoms with E-state index in [9.17, 15) is 13.6 Å². The molecule has 1 aromatic carbocycles. The molecular weight excluding hydrogens is 190 g/mol. The molecule has 0 bridgehead atoms. The molecule has 0 atom stereocenters. The fraction of sp³-hybridized carbons (Fsp3) is 0.100. The second-order valence-electron chi connectivity index (χ2n) is 2.99. The summed E-state index contributed by atoms with van der Waals surface area (Å²) >= 11 is 0. The SMILES string of the molecule is Cc1cc(F)c2oc(=O)ccc2c1F. The molecule has 0 spiro atoms. The summed E-state index contributed by atoms with van der Waals surface area (Å²) in [6.07, 6.45) is 0. The minimum atomic E-state index is -0.725. The van der Waals surface area contributed by atoms with Gasteiger partial charge in [0.05, 0.1) is 5.39 Å². The number of fused-ring (bicyclic) bond motifs is 1. The third-order valence-electron chi connectivity index (χ3n) is 1.98. The van der Waals surface area contributed by atoms with Crippen LogP contribution in [0.3, 0.4) is 0 Å². The first-order valence-corrected chi connectivity index (χ1v) is 3.98. The summed E-state index contributed by atoms with van der Waals surface area (Å²) in [7, 11) is 0. The second-order valence-corrected chi connectivity index (χ2v) is 2.99. The zero-order valence-corrected chi connectivity index (χ0v) is 7.30. The molecule has 0 amide bonds. The molecule has 0 aliphatic heterocycles. The predicted molar refractivity (Wildman–Crippen MR) is 47.1 cm³/mol. The van der Waals surface area contributed by atoms with Crippen molar-refractivity contribution in [1.29, 1.82) is 0 Å². The van der Waals surface area contributed by atoms with Crippen LogP contribution in [0.5, 0.6) is 0 Å². The lowest BCUT2D eigenvalue weighted by atomic mass is 10.1. The number of hydrogen-bond donors (Lipinski definition) is 0. The molecule has 0 aliphatic carbocycles. The first-order chi connectivity index (χ1) is 6.59. The van der Waals surface area contributed by atoms with E-state index in [2.05, 4.69) is 4.42 Å². The van der Waals surface area contributed by atoms with Crippen LogP contribution in [0.15, 0.2) is 27.4 Å². The topological polar surface area (TPSA) is 30.2 Å². The summed E-state index contributed by atoms with van der Waals surface area (Å²) < 4.78 is 31.1. The third kappa shape index (κ3) is 1.19. The Bertz CT molecular complexity index is 558. The van der Waals surface area contributed by atoms with Crippen molar-refractivity contribution in [2.45, 2.75) is 6.92 Å². The van der Waals surface area contributed by atoms with Gasteiger partial charge in [-0.3, -0.25) is 0 Å². The van der Waals surface area contributed by atoms with E-state index in [1.165, 1.54) is 13.0 Å². The average Bonchev–Trinajstić information content (AvgIpc) is 2.14. The number of hydrogen-bond acceptors (Lipinski definition) is 2. The molecular formula is C10H6F2O2. The summed E-state index contributed by atoms with van der Waals surface area (Å²) in [4.78, 5) is 10.8. The summed E-state index contributed by atoms with van der Waals surface area (Å²) in [5, 5.41) is -0.0119. The molecule has 0 saturated heterocycles. The van der Waals surface area contributed by atoms with Crippen molar-refractivity contribution in [1.82, 2.24) is 0 Å². The first kappa shape index (κ1) is 8.87. The zero-order valence-electron chi connectivity index (χ0n) is 7.30. The van der Waals surface area contributed by atoms with E-state index in [4.69, 9.17) is 0 Å². The van der Waals surface area contributed by atoms with Crippen LogP contribution in [0.25, 0.3) is 11.0 Å². The molecule has 0 N–H and O–H groups in total. The number of benzene rings is 1. The Morgan fingerprint density at radius 1 is 1.29 bits per heavy atom. The Labute approximate surface area is 77.8 Å². The molecule has 0 fully saturated rings. The van der Waals surface area contributed by atoms with E-state index in [1.807, 2.05) is 0 Å². The third-order valence-corrected chi connectivity index (χ3v) is 1.98. The molecule has 2 aromatic rings. The van der Waals surface area contributed by atoms with Gasteiger partial charge in [0, 0.05) is 6.07 Å². The number of halogens is 2. The lowest BCUT2D eigenvalue weighted by Crippen LogP contribution is -1.98. The van der Waals surface area contributed by atoms with Gasteiger partial charge in [-0.1, -0.05) is 0 Å². The van der Waals surface area contributed by atoms with Crippen molar-refractivity contribution >= 4 is 11.0 Å². The fourth-order valence-electron chi connectivity index (χ4n) is 1.30. The lowest BCUT2D eigenvalue weighted by molar-refractivity contribution is 0.517. The molecule has 14 heavy (non-hydrogen) atoms. The van der Waals surface area contributed by atoms with Gasteiger partial charge >= 0.3 is 5.63 Å². The van der Waals surface area contributed by atoms with Gasteiger partial charge in [-0.2, -0.15) is 0 Å². The van der Waals surface area contributed by atoms with Crippen molar-refractivity contribution < 1.29 is 13.2 Å². The molecule has 0 saturated carbocycles. The minimum absolute atomic E-state index is 0.0119. The van der Waals surface area contributed by atoms with E-state index in [-0.39, 0.29) is 16.5 Å². The van der Waals surface area contributed by atoms with Gasteiger partial charge in [0.25, 0.3) is 0 Å². The maximum atomic E-state index is 13.4. The van der Waals surface area contributed by atoms with Gasteiger partial charge in [-0.05, 0) is 24.6 Å². The summed E-state index contributed by atoms with van der Waals surface area (Å²) in [5.41, 5.74) is -0.843. The summed E-state index contributed by atoms with van der Waals surface area (Å²) in [6.45, 7) is 1.45. The molecule has 0 unspecified atom stereocenters. The van der Waals surface area contributed by atoms with Gasteiger partial charge in [0.15, 0.2) is 11.4 Å². The van der Waals surface area contributed by atoms with E-state index >= 15 is 0 Å². The van der Waals surface area contributed by atoms with Crippen LogP contribution in [0, 0.1) is 18.6 Å². The Kier molecular flexibility index (Phi) is 1.84. The van der Waals surface area contributed by atoms with Crippen LogP contribution in [0.2, 0.25) is 0 Å². The Balaban J connectivity index is 3.02. The van der Waals surface area contributed by atoms with Crippen molar-refractivity contribution in [3.05, 3.63) is 45.8 Å². The van der Waals surface area contributed by atoms with Gasteiger partial charge in [0.2, 0.25) is 0 Å². The normalized spacial score (nSPS) is 10.8. The zero-order chi connectivity index (χ0) is 10.3. The van der Waals surface area contributed by atoms with Gasteiger partial charge < -0.3 is 4.42 Å². The molecule has 0 aliphatic rings. The molecule has 72 valence electrons. The largest absolute Gasteiger partial charge is 0.419 e. The van der Waals surface area contributed by atoms with Crippen LogP contribution < -0.4 is 5.63 Å². The van der Waals surface area contributed by atoms with Gasteiger partial charge in [0.1, 0.15) is 5.82 Å². The van der Waals surface area contributed by atoms with Crippen LogP contribution in [0.1, 0.15) is 5.56 Å². The second kappa shape index (κ2) is 2.90. The maximum Gasteiger partial charge on any atom is 0.336 e. The fourth-order valence-corrected chi connectivity index (χ4v) is 1.30. The van der Waals surface area contributed by atoms with Crippen molar-refractivity contribution in [2.75, 3.05) is 0 Å². The Hall–Kier alpha value is -1.71. The smallest absolute Gasteiger partial charge is 0.336 e. The highest BCUT2D eigenvalue weighted by atomic mass is 19.1. The van der Waals surface area contributed by atoms with E-state index < -0.39 is 17.3 Å². The van der Waals surface area contributed by atoms with Crippen molar-refractivity contribution in [3.63, 3.8) is 0 Å². The van der Waals surface area contributed by atoms with Crippen LogP contribution in [-0.2, 0) is 0 Å². The highest BCUT2D eigenvalue weighted by Crippen LogP contribution is 2.22. The summed E-state index contributed by atoms with van der Waals surface area (Å²) in [6, 6.07) is 3.28. The quantitative estimate of drug-likeness (QED) is 0.605. The molecule has 1 heterocycles. The molecule has 2 nitrogen and oxygen atoms in total. The minimum Gasteiger partial charge on any atom is -0.419 e. The average molecular weight is 196 g/mol. The first-order valence-electron chi connectivity index (χ1n) is 3.98. The Morgan fingerprint density at radius 2 is 2.00 bits per heavy atom. The van der Waals surface area contributed by atoms with Crippen LogP contribution in [0.4, 0.5) is 8.78 Å². The monoisotopic (exact) mass is 196 g/mol. The molecule has 2 rings (SSSR count). The Morgan fingerprint density at radius 3 is 2.71 bits per heavy atom. The lowest BCUT2D eigenvalue weighted by Gasteiger charge is -2.01. The van der Waals surface area contributed by atoms with E-state index in [1.54, 1.807) is 0 Å². The van der Waals surface area contributed by atoms with E-state index in [0.29, 0.717) is 0 Å². The maximum absolute atomic E-state index is 13.4. The van der Waals surface area contributed by atoms with Crippen molar-refractivity contribution in [2.24, 2.45) is 0 Å².